The second kappa shape index (κ2) is 5.66. The molecule has 0 saturated heterocycles. The second-order valence-corrected chi connectivity index (χ2v) is 5.40. The highest BCUT2D eigenvalue weighted by Crippen LogP contribution is 2.30. The van der Waals surface area contributed by atoms with Crippen LogP contribution in [0.15, 0.2) is 54.7 Å². The summed E-state index contributed by atoms with van der Waals surface area (Å²) in [5.41, 5.74) is 8.56. The number of nitrogens with two attached hydrogens (primary N) is 1. The monoisotopic (exact) mass is 311 g/mol. The molecule has 0 aliphatic carbocycles. The van der Waals surface area contributed by atoms with Gasteiger partial charge in [-0.15, -0.1) is 0 Å². The normalized spacial score (nSPS) is 10.6. The standard InChI is InChI=1S/C17H14ClN3O/c1-11-6-7-13(9-15(11)18)21(17(19)22)14-8-12-4-2-3-5-16(12)20-10-14/h2-10H,1H3,(H2,19,22). The Bertz CT molecular complexity index is 863. The summed E-state index contributed by atoms with van der Waals surface area (Å²) in [6.07, 6.45) is 1.63. The number of aryl methyl sites for hydroxylation is 1. The molecular formula is C17H14ClN3O. The molecular weight excluding hydrogens is 298 g/mol. The van der Waals surface area contributed by atoms with Crippen molar-refractivity contribution in [3.8, 4) is 0 Å². The predicted octanol–water partition coefficient (Wildman–Crippen LogP) is 4.41. The Kier molecular flexibility index (Phi) is 3.69. The number of fused-ring (bicyclic) bond motifs is 1. The minimum absolute atomic E-state index is 0.581. The van der Waals surface area contributed by atoms with Crippen molar-refractivity contribution in [1.82, 2.24) is 4.98 Å². The molecule has 0 atom stereocenters. The van der Waals surface area contributed by atoms with Crippen LogP contribution in [0.4, 0.5) is 16.2 Å². The first-order valence-electron chi connectivity index (χ1n) is 6.77. The van der Waals surface area contributed by atoms with Gasteiger partial charge in [0, 0.05) is 10.4 Å². The van der Waals surface area contributed by atoms with E-state index in [1.165, 1.54) is 4.90 Å². The fraction of sp³-hybridized carbons (Fsp3) is 0.0588. The lowest BCUT2D eigenvalue weighted by Crippen LogP contribution is -2.31. The lowest BCUT2D eigenvalue weighted by Gasteiger charge is -2.21. The molecule has 0 saturated carbocycles. The van der Waals surface area contributed by atoms with Crippen LogP contribution in [-0.2, 0) is 0 Å². The molecule has 4 nitrogen and oxygen atoms in total. The number of pyridine rings is 1. The average molecular weight is 312 g/mol. The Morgan fingerprint density at radius 3 is 2.64 bits per heavy atom. The van der Waals surface area contributed by atoms with E-state index in [4.69, 9.17) is 17.3 Å². The average Bonchev–Trinajstić information content (AvgIpc) is 2.50. The highest BCUT2D eigenvalue weighted by molar-refractivity contribution is 6.31. The Balaban J connectivity index is 2.13. The number of primary amides is 1. The number of para-hydroxylation sites is 1. The third-order valence-corrected chi connectivity index (χ3v) is 3.88. The van der Waals surface area contributed by atoms with Gasteiger partial charge in [-0.25, -0.2) is 4.79 Å². The first-order valence-corrected chi connectivity index (χ1v) is 7.14. The van der Waals surface area contributed by atoms with Crippen LogP contribution in [0, 0.1) is 6.92 Å². The molecule has 0 unspecified atom stereocenters. The van der Waals surface area contributed by atoms with Crippen molar-refractivity contribution in [3.63, 3.8) is 0 Å². The maximum absolute atomic E-state index is 11.9. The number of hydrogen-bond acceptors (Lipinski definition) is 2. The molecule has 0 spiro atoms. The molecule has 1 heterocycles. The van der Waals surface area contributed by atoms with E-state index in [0.29, 0.717) is 16.4 Å². The number of anilines is 2. The summed E-state index contributed by atoms with van der Waals surface area (Å²) in [5, 5.41) is 1.52. The first kappa shape index (κ1) is 14.4. The third kappa shape index (κ3) is 2.61. The van der Waals surface area contributed by atoms with Crippen LogP contribution in [-0.4, -0.2) is 11.0 Å². The molecule has 3 rings (SSSR count). The van der Waals surface area contributed by atoms with Crippen molar-refractivity contribution in [3.05, 3.63) is 65.3 Å². The second-order valence-electron chi connectivity index (χ2n) is 4.99. The maximum Gasteiger partial charge on any atom is 0.323 e. The molecule has 2 aromatic carbocycles. The van der Waals surface area contributed by atoms with E-state index >= 15 is 0 Å². The molecule has 2 amide bonds. The van der Waals surface area contributed by atoms with Gasteiger partial charge in [-0.3, -0.25) is 9.88 Å². The topological polar surface area (TPSA) is 59.2 Å². The van der Waals surface area contributed by atoms with E-state index in [1.54, 1.807) is 18.3 Å². The zero-order valence-corrected chi connectivity index (χ0v) is 12.7. The quantitative estimate of drug-likeness (QED) is 0.762. The van der Waals surface area contributed by atoms with Gasteiger partial charge in [0.15, 0.2) is 0 Å². The largest absolute Gasteiger partial charge is 0.351 e. The van der Waals surface area contributed by atoms with Crippen LogP contribution >= 0.6 is 11.6 Å². The Labute approximate surface area is 133 Å². The molecule has 2 N–H and O–H groups in total. The number of benzene rings is 2. The van der Waals surface area contributed by atoms with Crippen LogP contribution in [0.1, 0.15) is 5.56 Å². The number of aromatic nitrogens is 1. The number of halogens is 1. The van der Waals surface area contributed by atoms with Crippen LogP contribution in [0.3, 0.4) is 0 Å². The van der Waals surface area contributed by atoms with Gasteiger partial charge >= 0.3 is 6.03 Å². The van der Waals surface area contributed by atoms with E-state index in [2.05, 4.69) is 4.98 Å². The van der Waals surface area contributed by atoms with Gasteiger partial charge in [-0.2, -0.15) is 0 Å². The van der Waals surface area contributed by atoms with E-state index in [9.17, 15) is 4.79 Å². The summed E-state index contributed by atoms with van der Waals surface area (Å²) < 4.78 is 0. The Hall–Kier alpha value is -2.59. The van der Waals surface area contributed by atoms with E-state index in [-0.39, 0.29) is 0 Å². The summed E-state index contributed by atoms with van der Waals surface area (Å²) >= 11 is 6.15. The molecule has 110 valence electrons. The number of nitrogens with zero attached hydrogens (tertiary/aromatic N) is 2. The minimum atomic E-state index is -0.586. The van der Waals surface area contributed by atoms with E-state index in [0.717, 1.165) is 16.5 Å². The molecule has 0 bridgehead atoms. The van der Waals surface area contributed by atoms with Gasteiger partial charge < -0.3 is 5.73 Å². The summed E-state index contributed by atoms with van der Waals surface area (Å²) in [4.78, 5) is 17.7. The number of amides is 2. The SMILES string of the molecule is Cc1ccc(N(C(N)=O)c2cnc3ccccc3c2)cc1Cl. The molecule has 0 aliphatic heterocycles. The highest BCUT2D eigenvalue weighted by Gasteiger charge is 2.16. The van der Waals surface area contributed by atoms with Crippen molar-refractivity contribution >= 4 is 39.9 Å². The maximum atomic E-state index is 11.9. The summed E-state index contributed by atoms with van der Waals surface area (Å²) in [6.45, 7) is 1.90. The fourth-order valence-corrected chi connectivity index (χ4v) is 2.48. The number of hydrogen-bond donors (Lipinski definition) is 1. The van der Waals surface area contributed by atoms with Gasteiger partial charge in [0.05, 0.1) is 23.1 Å². The third-order valence-electron chi connectivity index (χ3n) is 3.47. The van der Waals surface area contributed by atoms with Crippen molar-refractivity contribution in [2.45, 2.75) is 6.92 Å². The number of carbonyl (C=O) groups excluding carboxylic acids is 1. The van der Waals surface area contributed by atoms with Gasteiger partial charge in [-0.05, 0) is 36.8 Å². The van der Waals surface area contributed by atoms with Crippen molar-refractivity contribution in [2.24, 2.45) is 5.73 Å². The van der Waals surface area contributed by atoms with E-state index in [1.807, 2.05) is 43.3 Å². The van der Waals surface area contributed by atoms with Crippen molar-refractivity contribution in [1.29, 1.82) is 0 Å². The summed E-state index contributed by atoms with van der Waals surface area (Å²) in [6, 6.07) is 14.4. The van der Waals surface area contributed by atoms with E-state index < -0.39 is 6.03 Å². The lowest BCUT2D eigenvalue weighted by molar-refractivity contribution is 0.256. The molecule has 5 heteroatoms. The fourth-order valence-electron chi connectivity index (χ4n) is 2.31. The van der Waals surface area contributed by atoms with Gasteiger partial charge in [0.25, 0.3) is 0 Å². The number of rotatable bonds is 2. The van der Waals surface area contributed by atoms with Crippen LogP contribution < -0.4 is 10.6 Å². The molecule has 1 aromatic heterocycles. The predicted molar refractivity (Wildman–Crippen MR) is 89.7 cm³/mol. The highest BCUT2D eigenvalue weighted by atomic mass is 35.5. The smallest absolute Gasteiger partial charge is 0.323 e. The molecule has 0 aliphatic rings. The Morgan fingerprint density at radius 2 is 1.91 bits per heavy atom. The molecule has 0 radical (unpaired) electrons. The first-order chi connectivity index (χ1) is 10.6. The molecule has 3 aromatic rings. The van der Waals surface area contributed by atoms with Crippen LogP contribution in [0.2, 0.25) is 5.02 Å². The number of carbonyl (C=O) groups is 1. The van der Waals surface area contributed by atoms with Crippen molar-refractivity contribution < 1.29 is 4.79 Å². The summed E-state index contributed by atoms with van der Waals surface area (Å²) in [5.74, 6) is 0. The minimum Gasteiger partial charge on any atom is -0.351 e. The summed E-state index contributed by atoms with van der Waals surface area (Å²) in [7, 11) is 0. The molecule has 0 fully saturated rings. The van der Waals surface area contributed by atoms with Crippen LogP contribution in [0.5, 0.6) is 0 Å². The van der Waals surface area contributed by atoms with Gasteiger partial charge in [0.2, 0.25) is 0 Å². The van der Waals surface area contributed by atoms with Gasteiger partial charge in [-0.1, -0.05) is 35.9 Å². The van der Waals surface area contributed by atoms with Crippen molar-refractivity contribution in [2.75, 3.05) is 4.90 Å². The van der Waals surface area contributed by atoms with Gasteiger partial charge in [0.1, 0.15) is 0 Å². The zero-order chi connectivity index (χ0) is 15.7. The van der Waals surface area contributed by atoms with Crippen LogP contribution in [0.25, 0.3) is 10.9 Å². The number of urea groups is 1. The Morgan fingerprint density at radius 1 is 1.14 bits per heavy atom. The molecule has 22 heavy (non-hydrogen) atoms. The lowest BCUT2D eigenvalue weighted by atomic mass is 10.1. The zero-order valence-electron chi connectivity index (χ0n) is 12.0.